The van der Waals surface area contributed by atoms with E-state index in [4.69, 9.17) is 4.74 Å². The zero-order chi connectivity index (χ0) is 15.7. The van der Waals surface area contributed by atoms with E-state index < -0.39 is 12.8 Å². The fraction of sp³-hybridized carbons (Fsp3) is 1.00. The first kappa shape index (κ1) is 17.0. The molecule has 0 aromatic heterocycles. The average molecular weight is 308 g/mol. The summed E-state index contributed by atoms with van der Waals surface area (Å²) < 4.78 is 41.1. The van der Waals surface area contributed by atoms with Gasteiger partial charge in [-0.15, -0.1) is 0 Å². The average Bonchev–Trinajstić information content (AvgIpc) is 3.17. The van der Waals surface area contributed by atoms with Crippen molar-refractivity contribution in [3.63, 3.8) is 0 Å². The second-order valence-electron chi connectivity index (χ2n) is 7.02. The minimum atomic E-state index is -4.23. The first-order chi connectivity index (χ1) is 9.71. The van der Waals surface area contributed by atoms with Crippen LogP contribution in [0, 0.1) is 11.8 Å². The minimum Gasteiger partial charge on any atom is -0.371 e. The van der Waals surface area contributed by atoms with Gasteiger partial charge in [0.2, 0.25) is 0 Å². The zero-order valence-corrected chi connectivity index (χ0v) is 13.2. The van der Waals surface area contributed by atoms with Gasteiger partial charge in [0.1, 0.15) is 6.61 Å². The Labute approximate surface area is 125 Å². The molecule has 0 aromatic rings. The van der Waals surface area contributed by atoms with Gasteiger partial charge in [-0.3, -0.25) is 4.90 Å². The maximum absolute atomic E-state index is 12.1. The van der Waals surface area contributed by atoms with Crippen LogP contribution in [0.15, 0.2) is 0 Å². The molecule has 0 amide bonds. The number of rotatable bonds is 6. The van der Waals surface area contributed by atoms with Crippen LogP contribution < -0.4 is 5.32 Å². The molecule has 1 saturated heterocycles. The molecule has 1 heterocycles. The number of hydrogen-bond donors (Lipinski definition) is 1. The lowest BCUT2D eigenvalue weighted by Crippen LogP contribution is -2.65. The first-order valence-corrected chi connectivity index (χ1v) is 7.85. The fourth-order valence-corrected chi connectivity index (χ4v) is 3.33. The fourth-order valence-electron chi connectivity index (χ4n) is 3.33. The largest absolute Gasteiger partial charge is 0.411 e. The van der Waals surface area contributed by atoms with Crippen molar-refractivity contribution in [2.75, 3.05) is 32.8 Å². The van der Waals surface area contributed by atoms with Crippen LogP contribution in [0.4, 0.5) is 13.2 Å². The van der Waals surface area contributed by atoms with Crippen molar-refractivity contribution in [3.8, 4) is 0 Å². The van der Waals surface area contributed by atoms with Gasteiger partial charge >= 0.3 is 6.18 Å². The van der Waals surface area contributed by atoms with Gasteiger partial charge in [-0.2, -0.15) is 13.2 Å². The Kier molecular flexibility index (Phi) is 5.21. The van der Waals surface area contributed by atoms with Crippen molar-refractivity contribution >= 4 is 0 Å². The van der Waals surface area contributed by atoms with Gasteiger partial charge in [0.25, 0.3) is 0 Å². The van der Waals surface area contributed by atoms with Crippen molar-refractivity contribution in [3.05, 3.63) is 0 Å². The van der Waals surface area contributed by atoms with Crippen molar-refractivity contribution in [2.45, 2.75) is 51.4 Å². The van der Waals surface area contributed by atoms with E-state index >= 15 is 0 Å². The van der Waals surface area contributed by atoms with Crippen LogP contribution in [-0.4, -0.2) is 55.5 Å². The van der Waals surface area contributed by atoms with Gasteiger partial charge in [-0.25, -0.2) is 0 Å². The quantitative estimate of drug-likeness (QED) is 0.764. The monoisotopic (exact) mass is 308 g/mol. The van der Waals surface area contributed by atoms with Crippen molar-refractivity contribution < 1.29 is 17.9 Å². The standard InChI is InChI=1S/C15H27F3N2O/c1-11(2)13-8-19-14(3,12-4-5-12)9-20(13)6-7-21-10-15(16,17)18/h11-13,19H,4-10H2,1-3H3. The number of nitrogens with one attached hydrogen (secondary N) is 1. The molecular weight excluding hydrogens is 281 g/mol. The van der Waals surface area contributed by atoms with Crippen LogP contribution in [0.3, 0.4) is 0 Å². The molecule has 0 bridgehead atoms. The third kappa shape index (κ3) is 4.83. The SMILES string of the molecule is CC(C)C1CNC(C)(C2CC2)CN1CCOCC(F)(F)F. The number of nitrogens with zero attached hydrogens (tertiary/aromatic N) is 1. The summed E-state index contributed by atoms with van der Waals surface area (Å²) in [6.07, 6.45) is -1.72. The lowest BCUT2D eigenvalue weighted by Gasteiger charge is -2.48. The van der Waals surface area contributed by atoms with E-state index in [2.05, 4.69) is 31.0 Å². The second-order valence-corrected chi connectivity index (χ2v) is 7.02. The summed E-state index contributed by atoms with van der Waals surface area (Å²) in [7, 11) is 0. The number of piperazine rings is 1. The van der Waals surface area contributed by atoms with Crippen LogP contribution >= 0.6 is 0 Å². The predicted molar refractivity (Wildman–Crippen MR) is 76.2 cm³/mol. The van der Waals surface area contributed by atoms with Crippen LogP contribution in [0.1, 0.15) is 33.6 Å². The van der Waals surface area contributed by atoms with Gasteiger partial charge in [-0.05, 0) is 31.6 Å². The van der Waals surface area contributed by atoms with E-state index in [1.807, 2.05) is 0 Å². The molecule has 1 N–H and O–H groups in total. The molecule has 124 valence electrons. The maximum Gasteiger partial charge on any atom is 0.411 e. The van der Waals surface area contributed by atoms with Crippen LogP contribution in [0.25, 0.3) is 0 Å². The predicted octanol–water partition coefficient (Wildman–Crippen LogP) is 2.66. The normalized spacial score (nSPS) is 31.9. The Morgan fingerprint density at radius 2 is 2.00 bits per heavy atom. The molecule has 3 nitrogen and oxygen atoms in total. The number of halogens is 3. The second kappa shape index (κ2) is 6.42. The molecule has 2 fully saturated rings. The molecule has 1 aliphatic heterocycles. The molecule has 0 radical (unpaired) electrons. The zero-order valence-electron chi connectivity index (χ0n) is 13.2. The molecule has 1 saturated carbocycles. The molecule has 6 heteroatoms. The third-order valence-electron chi connectivity index (χ3n) is 4.75. The molecule has 0 aromatic carbocycles. The summed E-state index contributed by atoms with van der Waals surface area (Å²) in [5, 5.41) is 3.67. The highest BCUT2D eigenvalue weighted by molar-refractivity contribution is 5.04. The highest BCUT2D eigenvalue weighted by Crippen LogP contribution is 2.41. The van der Waals surface area contributed by atoms with Gasteiger partial charge < -0.3 is 10.1 Å². The van der Waals surface area contributed by atoms with Gasteiger partial charge in [0.15, 0.2) is 0 Å². The summed E-state index contributed by atoms with van der Waals surface area (Å²) in [5.41, 5.74) is 0.107. The van der Waals surface area contributed by atoms with E-state index in [-0.39, 0.29) is 12.1 Å². The number of hydrogen-bond acceptors (Lipinski definition) is 3. The molecule has 0 spiro atoms. The van der Waals surface area contributed by atoms with Crippen LogP contribution in [0.5, 0.6) is 0 Å². The van der Waals surface area contributed by atoms with E-state index in [1.165, 1.54) is 12.8 Å². The van der Waals surface area contributed by atoms with E-state index in [9.17, 15) is 13.2 Å². The molecule has 2 aliphatic rings. The van der Waals surface area contributed by atoms with Crippen molar-refractivity contribution in [1.82, 2.24) is 10.2 Å². The highest BCUT2D eigenvalue weighted by Gasteiger charge is 2.46. The lowest BCUT2D eigenvalue weighted by molar-refractivity contribution is -0.175. The van der Waals surface area contributed by atoms with Crippen molar-refractivity contribution in [2.24, 2.45) is 11.8 Å². The molecule has 2 rings (SSSR count). The minimum absolute atomic E-state index is 0.107. The van der Waals surface area contributed by atoms with Crippen molar-refractivity contribution in [1.29, 1.82) is 0 Å². The summed E-state index contributed by atoms with van der Waals surface area (Å²) in [6, 6.07) is 0.367. The maximum atomic E-state index is 12.1. The van der Waals surface area contributed by atoms with Crippen LogP contribution in [0.2, 0.25) is 0 Å². The summed E-state index contributed by atoms with van der Waals surface area (Å²) in [6.45, 7) is 7.94. The van der Waals surface area contributed by atoms with E-state index in [1.54, 1.807) is 0 Å². The number of ether oxygens (including phenoxy) is 1. The Morgan fingerprint density at radius 3 is 2.52 bits per heavy atom. The van der Waals surface area contributed by atoms with Gasteiger partial charge in [0, 0.05) is 31.2 Å². The first-order valence-electron chi connectivity index (χ1n) is 7.85. The van der Waals surface area contributed by atoms with E-state index in [0.717, 1.165) is 13.1 Å². The van der Waals surface area contributed by atoms with Gasteiger partial charge in [-0.1, -0.05) is 13.8 Å². The summed E-state index contributed by atoms with van der Waals surface area (Å²) in [4.78, 5) is 2.32. The smallest absolute Gasteiger partial charge is 0.371 e. The molecular formula is C15H27F3N2O. The molecule has 2 unspecified atom stereocenters. The van der Waals surface area contributed by atoms with E-state index in [0.29, 0.717) is 24.4 Å². The Bertz CT molecular complexity index is 344. The summed E-state index contributed by atoms with van der Waals surface area (Å²) in [5.74, 6) is 1.19. The lowest BCUT2D eigenvalue weighted by atomic mass is 9.88. The Hall–Kier alpha value is -0.330. The molecule has 1 aliphatic carbocycles. The highest BCUT2D eigenvalue weighted by atomic mass is 19.4. The Balaban J connectivity index is 1.85. The molecule has 21 heavy (non-hydrogen) atoms. The van der Waals surface area contributed by atoms with Gasteiger partial charge in [0.05, 0.1) is 6.61 Å². The number of alkyl halides is 3. The molecule has 2 atom stereocenters. The summed E-state index contributed by atoms with van der Waals surface area (Å²) >= 11 is 0. The third-order valence-corrected chi connectivity index (χ3v) is 4.75. The van der Waals surface area contributed by atoms with Crippen LogP contribution in [-0.2, 0) is 4.74 Å². The Morgan fingerprint density at radius 1 is 1.33 bits per heavy atom. The topological polar surface area (TPSA) is 24.5 Å².